The number of aromatic nitrogens is 4. The Morgan fingerprint density at radius 2 is 2.13 bits per heavy atom. The van der Waals surface area contributed by atoms with Gasteiger partial charge >= 0.3 is 0 Å². The minimum Gasteiger partial charge on any atom is -0.484 e. The van der Waals surface area contributed by atoms with Gasteiger partial charge in [-0.25, -0.2) is 0 Å². The summed E-state index contributed by atoms with van der Waals surface area (Å²) in [5, 5.41) is 12.1. The van der Waals surface area contributed by atoms with Gasteiger partial charge in [-0.05, 0) is 38.5 Å². The van der Waals surface area contributed by atoms with Gasteiger partial charge in [0.2, 0.25) is 5.89 Å². The van der Waals surface area contributed by atoms with Crippen molar-refractivity contribution in [3.8, 4) is 5.75 Å². The van der Waals surface area contributed by atoms with Crippen molar-refractivity contribution >= 4 is 11.8 Å². The van der Waals surface area contributed by atoms with E-state index in [1.165, 1.54) is 11.8 Å². The molecule has 23 heavy (non-hydrogen) atoms. The van der Waals surface area contributed by atoms with Crippen LogP contribution in [-0.2, 0) is 6.61 Å². The molecule has 0 amide bonds. The van der Waals surface area contributed by atoms with Gasteiger partial charge in [0.05, 0.1) is 5.25 Å². The van der Waals surface area contributed by atoms with Crippen LogP contribution in [0.1, 0.15) is 35.3 Å². The standard InChI is InChI=1S/C15H16N4O3S/c1-9-5-4-6-12(7-9)20-8-13-17-18-15(21-13)23-10(2)14-16-11(3)19-22-14/h4-7,10H,8H2,1-3H3/t10-/m0/s1. The van der Waals surface area contributed by atoms with Crippen LogP contribution in [0.3, 0.4) is 0 Å². The van der Waals surface area contributed by atoms with Gasteiger partial charge in [-0.2, -0.15) is 4.98 Å². The van der Waals surface area contributed by atoms with E-state index in [1.807, 2.05) is 38.1 Å². The molecule has 0 aliphatic heterocycles. The van der Waals surface area contributed by atoms with Gasteiger partial charge in [-0.15, -0.1) is 10.2 Å². The van der Waals surface area contributed by atoms with Crippen LogP contribution < -0.4 is 4.74 Å². The molecule has 0 N–H and O–H groups in total. The normalized spacial score (nSPS) is 12.3. The molecule has 3 rings (SSSR count). The van der Waals surface area contributed by atoms with Crippen molar-refractivity contribution in [1.82, 2.24) is 20.3 Å². The maximum atomic E-state index is 5.63. The first kappa shape index (κ1) is 15.5. The van der Waals surface area contributed by atoms with Gasteiger partial charge in [0.25, 0.3) is 11.1 Å². The lowest BCUT2D eigenvalue weighted by atomic mass is 10.2. The van der Waals surface area contributed by atoms with E-state index in [4.69, 9.17) is 13.7 Å². The van der Waals surface area contributed by atoms with Crippen molar-refractivity contribution in [2.75, 3.05) is 0 Å². The molecule has 2 heterocycles. The minimum absolute atomic E-state index is 0.0674. The van der Waals surface area contributed by atoms with Crippen LogP contribution in [0, 0.1) is 13.8 Å². The maximum absolute atomic E-state index is 5.63. The molecule has 3 aromatic rings. The summed E-state index contributed by atoms with van der Waals surface area (Å²) >= 11 is 1.36. The molecule has 8 heteroatoms. The molecule has 0 unspecified atom stereocenters. The molecule has 0 aliphatic rings. The average molecular weight is 332 g/mol. The van der Waals surface area contributed by atoms with E-state index in [1.54, 1.807) is 6.92 Å². The van der Waals surface area contributed by atoms with E-state index < -0.39 is 0 Å². The topological polar surface area (TPSA) is 87.1 Å². The predicted molar refractivity (Wildman–Crippen MR) is 83.1 cm³/mol. The third-order valence-corrected chi connectivity index (χ3v) is 3.89. The van der Waals surface area contributed by atoms with Gasteiger partial charge in [0.1, 0.15) is 5.75 Å². The fraction of sp³-hybridized carbons (Fsp3) is 0.333. The molecule has 0 saturated carbocycles. The van der Waals surface area contributed by atoms with Crippen molar-refractivity contribution in [3.63, 3.8) is 0 Å². The zero-order valence-electron chi connectivity index (χ0n) is 13.0. The molecule has 1 aromatic carbocycles. The zero-order valence-corrected chi connectivity index (χ0v) is 13.8. The molecule has 0 bridgehead atoms. The largest absolute Gasteiger partial charge is 0.484 e. The zero-order chi connectivity index (χ0) is 16.2. The van der Waals surface area contributed by atoms with Crippen molar-refractivity contribution in [1.29, 1.82) is 0 Å². The van der Waals surface area contributed by atoms with E-state index in [2.05, 4.69) is 20.3 Å². The van der Waals surface area contributed by atoms with Gasteiger partial charge in [0.15, 0.2) is 12.4 Å². The molecule has 0 fully saturated rings. The van der Waals surface area contributed by atoms with Crippen LogP contribution >= 0.6 is 11.8 Å². The lowest BCUT2D eigenvalue weighted by Crippen LogP contribution is -1.95. The Kier molecular flexibility index (Phi) is 4.61. The Hall–Kier alpha value is -2.35. The Morgan fingerprint density at radius 1 is 1.26 bits per heavy atom. The number of ether oxygens (including phenoxy) is 1. The summed E-state index contributed by atoms with van der Waals surface area (Å²) in [6.07, 6.45) is 0. The molecule has 0 saturated heterocycles. The molecule has 120 valence electrons. The molecule has 0 radical (unpaired) electrons. The Morgan fingerprint density at radius 3 is 2.87 bits per heavy atom. The van der Waals surface area contributed by atoms with Crippen LogP contribution in [0.15, 0.2) is 38.4 Å². The summed E-state index contributed by atoms with van der Waals surface area (Å²) < 4.78 is 16.3. The van der Waals surface area contributed by atoms with Gasteiger partial charge in [-0.3, -0.25) is 0 Å². The van der Waals surface area contributed by atoms with Crippen molar-refractivity contribution in [2.24, 2.45) is 0 Å². The summed E-state index contributed by atoms with van der Waals surface area (Å²) in [5.74, 6) is 2.32. The van der Waals surface area contributed by atoms with Crippen molar-refractivity contribution in [3.05, 3.63) is 47.4 Å². The molecule has 1 atom stereocenters. The number of nitrogens with zero attached hydrogens (tertiary/aromatic N) is 4. The van der Waals surface area contributed by atoms with Crippen LogP contribution in [0.5, 0.6) is 5.75 Å². The average Bonchev–Trinajstić information content (AvgIpc) is 3.14. The maximum Gasteiger partial charge on any atom is 0.277 e. The number of benzene rings is 1. The summed E-state index contributed by atoms with van der Waals surface area (Å²) in [6.45, 7) is 5.95. The van der Waals surface area contributed by atoms with E-state index in [9.17, 15) is 0 Å². The highest BCUT2D eigenvalue weighted by molar-refractivity contribution is 7.99. The summed E-state index contributed by atoms with van der Waals surface area (Å²) in [6, 6.07) is 7.79. The van der Waals surface area contributed by atoms with E-state index >= 15 is 0 Å². The highest BCUT2D eigenvalue weighted by atomic mass is 32.2. The SMILES string of the molecule is Cc1cccc(OCc2nnc(S[C@@H](C)c3nc(C)no3)o2)c1. The molecule has 0 aliphatic carbocycles. The molecular formula is C15H16N4O3S. The number of hydrogen-bond donors (Lipinski definition) is 0. The molecule has 0 spiro atoms. The molecular weight excluding hydrogens is 316 g/mol. The highest BCUT2D eigenvalue weighted by Crippen LogP contribution is 2.32. The second kappa shape index (κ2) is 6.82. The lowest BCUT2D eigenvalue weighted by Gasteiger charge is -2.03. The van der Waals surface area contributed by atoms with Gasteiger partial charge in [-0.1, -0.05) is 29.1 Å². The second-order valence-corrected chi connectivity index (χ2v) is 6.30. The van der Waals surface area contributed by atoms with E-state index in [0.717, 1.165) is 11.3 Å². The van der Waals surface area contributed by atoms with Crippen LogP contribution in [0.4, 0.5) is 0 Å². The first-order valence-electron chi connectivity index (χ1n) is 7.09. The minimum atomic E-state index is -0.0674. The number of thioether (sulfide) groups is 1. The third-order valence-electron chi connectivity index (χ3n) is 2.97. The van der Waals surface area contributed by atoms with E-state index in [0.29, 0.717) is 22.8 Å². The monoisotopic (exact) mass is 332 g/mol. The Labute approximate surface area is 137 Å². The smallest absolute Gasteiger partial charge is 0.277 e. The Balaban J connectivity index is 1.57. The number of aryl methyl sites for hydroxylation is 2. The van der Waals surface area contributed by atoms with Crippen molar-refractivity contribution < 1.29 is 13.7 Å². The summed E-state index contributed by atoms with van der Waals surface area (Å²) in [4.78, 5) is 4.18. The second-order valence-electron chi connectivity index (χ2n) is 5.01. The lowest BCUT2D eigenvalue weighted by molar-refractivity contribution is 0.252. The van der Waals surface area contributed by atoms with Crippen LogP contribution in [-0.4, -0.2) is 20.3 Å². The predicted octanol–water partition coefficient (Wildman–Crippen LogP) is 3.50. The fourth-order valence-corrected chi connectivity index (χ4v) is 2.61. The van der Waals surface area contributed by atoms with Gasteiger partial charge < -0.3 is 13.7 Å². The summed E-state index contributed by atoms with van der Waals surface area (Å²) in [5.41, 5.74) is 1.13. The first-order chi connectivity index (χ1) is 11.1. The fourth-order valence-electron chi connectivity index (χ4n) is 1.87. The Bertz CT molecular complexity index is 786. The van der Waals surface area contributed by atoms with Crippen molar-refractivity contribution in [2.45, 2.75) is 37.9 Å². The quantitative estimate of drug-likeness (QED) is 0.634. The molecule has 7 nitrogen and oxygen atoms in total. The van der Waals surface area contributed by atoms with Gasteiger partial charge in [0, 0.05) is 0 Å². The van der Waals surface area contributed by atoms with Crippen LogP contribution in [0.25, 0.3) is 0 Å². The molecule has 2 aromatic heterocycles. The highest BCUT2D eigenvalue weighted by Gasteiger charge is 2.18. The van der Waals surface area contributed by atoms with Crippen LogP contribution in [0.2, 0.25) is 0 Å². The third kappa shape index (κ3) is 4.10. The number of hydrogen-bond acceptors (Lipinski definition) is 8. The first-order valence-corrected chi connectivity index (χ1v) is 7.97. The van der Waals surface area contributed by atoms with E-state index in [-0.39, 0.29) is 11.9 Å². The number of rotatable bonds is 6. The summed E-state index contributed by atoms with van der Waals surface area (Å²) in [7, 11) is 0.